The molecule has 0 spiro atoms. The Morgan fingerprint density at radius 3 is 2.85 bits per heavy atom. The van der Waals surface area contributed by atoms with Crippen molar-refractivity contribution in [2.45, 2.75) is 13.8 Å². The van der Waals surface area contributed by atoms with E-state index in [0.29, 0.717) is 5.92 Å². The zero-order valence-electron chi connectivity index (χ0n) is 8.83. The first-order chi connectivity index (χ1) is 6.27. The quantitative estimate of drug-likeness (QED) is 0.681. The number of likely N-dealkylation sites (tertiary alicyclic amines) is 1. The van der Waals surface area contributed by atoms with Gasteiger partial charge in [0.2, 0.25) is 0 Å². The van der Waals surface area contributed by atoms with Crippen molar-refractivity contribution >= 4 is 0 Å². The van der Waals surface area contributed by atoms with Crippen LogP contribution >= 0.6 is 0 Å². The third-order valence-electron chi connectivity index (χ3n) is 2.83. The van der Waals surface area contributed by atoms with E-state index in [4.69, 9.17) is 10.5 Å². The number of nitrogens with zero attached hydrogens (tertiary/aromatic N) is 1. The summed E-state index contributed by atoms with van der Waals surface area (Å²) in [5.41, 5.74) is 5.53. The number of rotatable bonds is 5. The minimum absolute atomic E-state index is 0.714. The minimum Gasteiger partial charge on any atom is -0.381 e. The summed E-state index contributed by atoms with van der Waals surface area (Å²) in [5.74, 6) is 1.48. The molecule has 1 rings (SSSR count). The fourth-order valence-electron chi connectivity index (χ4n) is 1.99. The highest BCUT2D eigenvalue weighted by Gasteiger charge is 2.28. The molecule has 3 nitrogen and oxygen atoms in total. The van der Waals surface area contributed by atoms with Crippen LogP contribution < -0.4 is 5.73 Å². The van der Waals surface area contributed by atoms with Crippen LogP contribution in [0.5, 0.6) is 0 Å². The van der Waals surface area contributed by atoms with Crippen LogP contribution in [0.3, 0.4) is 0 Å². The van der Waals surface area contributed by atoms with E-state index in [1.165, 1.54) is 13.1 Å². The maximum Gasteiger partial charge on any atom is 0.0509 e. The van der Waals surface area contributed by atoms with Crippen LogP contribution in [0.2, 0.25) is 0 Å². The third-order valence-corrected chi connectivity index (χ3v) is 2.83. The van der Waals surface area contributed by atoms with Gasteiger partial charge < -0.3 is 15.4 Å². The first-order valence-corrected chi connectivity index (χ1v) is 5.28. The summed E-state index contributed by atoms with van der Waals surface area (Å²) in [4.78, 5) is 2.44. The smallest absolute Gasteiger partial charge is 0.0509 e. The average Bonchev–Trinajstić information content (AvgIpc) is 2.44. The number of hydrogen-bond acceptors (Lipinski definition) is 3. The molecule has 0 bridgehead atoms. The van der Waals surface area contributed by atoms with E-state index in [0.717, 1.165) is 32.2 Å². The lowest BCUT2D eigenvalue weighted by molar-refractivity contribution is 0.102. The second-order valence-corrected chi connectivity index (χ2v) is 3.95. The SMILES string of the molecule is CCOC[C@@H]1CN(CCN)C[C@H]1C. The van der Waals surface area contributed by atoms with Crippen LogP contribution in [0.25, 0.3) is 0 Å². The molecule has 2 atom stereocenters. The van der Waals surface area contributed by atoms with Crippen LogP contribution in [-0.4, -0.2) is 44.3 Å². The van der Waals surface area contributed by atoms with Gasteiger partial charge in [-0.05, 0) is 18.8 Å². The Kier molecular flexibility index (Phi) is 4.70. The molecule has 3 heteroatoms. The molecule has 1 fully saturated rings. The third kappa shape index (κ3) is 3.25. The summed E-state index contributed by atoms with van der Waals surface area (Å²) in [6, 6.07) is 0. The molecule has 1 saturated heterocycles. The molecule has 13 heavy (non-hydrogen) atoms. The van der Waals surface area contributed by atoms with Crippen LogP contribution in [0.1, 0.15) is 13.8 Å². The van der Waals surface area contributed by atoms with Gasteiger partial charge in [0.1, 0.15) is 0 Å². The van der Waals surface area contributed by atoms with Crippen molar-refractivity contribution in [3.05, 3.63) is 0 Å². The van der Waals surface area contributed by atoms with Gasteiger partial charge >= 0.3 is 0 Å². The maximum absolute atomic E-state index is 5.53. The predicted molar refractivity (Wildman–Crippen MR) is 54.6 cm³/mol. The molecule has 0 aromatic rings. The van der Waals surface area contributed by atoms with Crippen molar-refractivity contribution in [3.63, 3.8) is 0 Å². The van der Waals surface area contributed by atoms with Gasteiger partial charge in [-0.15, -0.1) is 0 Å². The van der Waals surface area contributed by atoms with E-state index < -0.39 is 0 Å². The van der Waals surface area contributed by atoms with Crippen molar-refractivity contribution in [1.29, 1.82) is 0 Å². The zero-order valence-corrected chi connectivity index (χ0v) is 8.83. The fourth-order valence-corrected chi connectivity index (χ4v) is 1.99. The molecular formula is C10H22N2O. The summed E-state index contributed by atoms with van der Waals surface area (Å²) in [6.07, 6.45) is 0. The lowest BCUT2D eigenvalue weighted by atomic mass is 9.99. The summed E-state index contributed by atoms with van der Waals surface area (Å²) >= 11 is 0. The summed E-state index contributed by atoms with van der Waals surface area (Å²) < 4.78 is 5.46. The van der Waals surface area contributed by atoms with Crippen LogP contribution in [-0.2, 0) is 4.74 Å². The van der Waals surface area contributed by atoms with Gasteiger partial charge in [0.05, 0.1) is 6.61 Å². The normalized spacial score (nSPS) is 29.8. The van der Waals surface area contributed by atoms with Crippen LogP contribution in [0, 0.1) is 11.8 Å². The molecule has 0 amide bonds. The molecule has 0 saturated carbocycles. The highest BCUT2D eigenvalue weighted by Crippen LogP contribution is 2.22. The van der Waals surface area contributed by atoms with Gasteiger partial charge in [-0.25, -0.2) is 0 Å². The van der Waals surface area contributed by atoms with Crippen molar-refractivity contribution in [2.75, 3.05) is 39.4 Å². The Morgan fingerprint density at radius 2 is 2.23 bits per heavy atom. The van der Waals surface area contributed by atoms with Gasteiger partial charge in [0.25, 0.3) is 0 Å². The summed E-state index contributed by atoms with van der Waals surface area (Å²) in [5, 5.41) is 0. The molecule has 1 aliphatic rings. The molecule has 2 N–H and O–H groups in total. The van der Waals surface area contributed by atoms with Gasteiger partial charge in [-0.1, -0.05) is 6.92 Å². The van der Waals surface area contributed by atoms with Gasteiger partial charge in [0, 0.05) is 32.8 Å². The van der Waals surface area contributed by atoms with E-state index >= 15 is 0 Å². The molecule has 0 aromatic heterocycles. The number of ether oxygens (including phenoxy) is 1. The van der Waals surface area contributed by atoms with Crippen LogP contribution in [0.15, 0.2) is 0 Å². The maximum atomic E-state index is 5.53. The monoisotopic (exact) mass is 186 g/mol. The topological polar surface area (TPSA) is 38.5 Å². The van der Waals surface area contributed by atoms with Crippen molar-refractivity contribution in [2.24, 2.45) is 17.6 Å². The van der Waals surface area contributed by atoms with Gasteiger partial charge in [-0.3, -0.25) is 0 Å². The standard InChI is InChI=1S/C10H22N2O/c1-3-13-8-10-7-12(5-4-11)6-9(10)2/h9-10H,3-8,11H2,1-2H3/t9-,10+/m1/s1. The first kappa shape index (κ1) is 11.0. The summed E-state index contributed by atoms with van der Waals surface area (Å²) in [6.45, 7) is 10.3. The Balaban J connectivity index is 2.24. The van der Waals surface area contributed by atoms with Crippen molar-refractivity contribution in [1.82, 2.24) is 4.90 Å². The largest absolute Gasteiger partial charge is 0.381 e. The molecule has 1 heterocycles. The zero-order chi connectivity index (χ0) is 9.68. The van der Waals surface area contributed by atoms with Crippen molar-refractivity contribution in [3.8, 4) is 0 Å². The van der Waals surface area contributed by atoms with E-state index in [-0.39, 0.29) is 0 Å². The Bertz CT molecular complexity index is 141. The first-order valence-electron chi connectivity index (χ1n) is 5.28. The van der Waals surface area contributed by atoms with Crippen LogP contribution in [0.4, 0.5) is 0 Å². The molecule has 0 aromatic carbocycles. The lowest BCUT2D eigenvalue weighted by Gasteiger charge is -2.14. The second kappa shape index (κ2) is 5.58. The van der Waals surface area contributed by atoms with E-state index in [1.807, 2.05) is 0 Å². The molecule has 0 aliphatic carbocycles. The molecule has 0 radical (unpaired) electrons. The van der Waals surface area contributed by atoms with Gasteiger partial charge in [0.15, 0.2) is 0 Å². The molecule has 78 valence electrons. The number of nitrogens with two attached hydrogens (primary N) is 1. The Hall–Kier alpha value is -0.120. The summed E-state index contributed by atoms with van der Waals surface area (Å²) in [7, 11) is 0. The second-order valence-electron chi connectivity index (χ2n) is 3.95. The van der Waals surface area contributed by atoms with E-state index in [1.54, 1.807) is 0 Å². The highest BCUT2D eigenvalue weighted by atomic mass is 16.5. The van der Waals surface area contributed by atoms with E-state index in [2.05, 4.69) is 18.7 Å². The van der Waals surface area contributed by atoms with E-state index in [9.17, 15) is 0 Å². The van der Waals surface area contributed by atoms with Crippen molar-refractivity contribution < 1.29 is 4.74 Å². The average molecular weight is 186 g/mol. The fraction of sp³-hybridized carbons (Fsp3) is 1.00. The Morgan fingerprint density at radius 1 is 1.46 bits per heavy atom. The molecule has 1 aliphatic heterocycles. The predicted octanol–water partition coefficient (Wildman–Crippen LogP) is 0.550. The highest BCUT2D eigenvalue weighted by molar-refractivity contribution is 4.81. The van der Waals surface area contributed by atoms with Gasteiger partial charge in [-0.2, -0.15) is 0 Å². The Labute approximate surface area is 81.2 Å². The minimum atomic E-state index is 0.714. The number of hydrogen-bond donors (Lipinski definition) is 1. The molecule has 0 unspecified atom stereocenters. The lowest BCUT2D eigenvalue weighted by Crippen LogP contribution is -2.27. The molecular weight excluding hydrogens is 164 g/mol.